The van der Waals surface area contributed by atoms with E-state index >= 15 is 0 Å². The fraction of sp³-hybridized carbons (Fsp3) is 0.364. The summed E-state index contributed by atoms with van der Waals surface area (Å²) in [6, 6.07) is 1.88. The first-order chi connectivity index (χ1) is 8.69. The average molecular weight is 264 g/mol. The van der Waals surface area contributed by atoms with Gasteiger partial charge in [0.05, 0.1) is 17.7 Å². The van der Waals surface area contributed by atoms with E-state index in [1.54, 1.807) is 11.3 Å². The zero-order valence-corrected chi connectivity index (χ0v) is 11.2. The van der Waals surface area contributed by atoms with Crippen LogP contribution in [0.2, 0.25) is 0 Å². The van der Waals surface area contributed by atoms with Gasteiger partial charge in [0.15, 0.2) is 0 Å². The van der Waals surface area contributed by atoms with Gasteiger partial charge in [-0.05, 0) is 6.92 Å². The van der Waals surface area contributed by atoms with Crippen molar-refractivity contribution in [3.63, 3.8) is 0 Å². The molecule has 0 aliphatic heterocycles. The highest BCUT2D eigenvalue weighted by Crippen LogP contribution is 2.17. The zero-order chi connectivity index (χ0) is 13.0. The molecule has 0 saturated heterocycles. The molecule has 0 spiro atoms. The molecule has 0 atom stereocenters. The Morgan fingerprint density at radius 3 is 2.94 bits per heavy atom. The van der Waals surface area contributed by atoms with E-state index < -0.39 is 0 Å². The summed E-state index contributed by atoms with van der Waals surface area (Å²) in [5.41, 5.74) is 8.54. The number of anilines is 3. The van der Waals surface area contributed by atoms with Crippen LogP contribution in [0.4, 0.5) is 17.6 Å². The van der Waals surface area contributed by atoms with E-state index in [2.05, 4.69) is 20.3 Å². The van der Waals surface area contributed by atoms with E-state index in [9.17, 15) is 0 Å². The third-order valence-electron chi connectivity index (χ3n) is 2.36. The second-order valence-electron chi connectivity index (χ2n) is 3.84. The molecule has 0 fully saturated rings. The highest BCUT2D eigenvalue weighted by molar-refractivity contribution is 7.07. The Morgan fingerprint density at radius 1 is 1.44 bits per heavy atom. The van der Waals surface area contributed by atoms with E-state index in [1.165, 1.54) is 0 Å². The molecule has 96 valence electrons. The fourth-order valence-electron chi connectivity index (χ4n) is 1.56. The second kappa shape index (κ2) is 5.63. The lowest BCUT2D eigenvalue weighted by Gasteiger charge is -2.18. The molecule has 0 bridgehead atoms. The van der Waals surface area contributed by atoms with Crippen molar-refractivity contribution in [3.8, 4) is 0 Å². The molecule has 0 radical (unpaired) electrons. The standard InChI is InChI=1S/C11H16N6S/c1-3-13-9-4-10(16-11(12)15-9)17(2)5-8-6-18-7-14-8/h4,6-7H,3,5H2,1-2H3,(H3,12,13,15,16). The van der Waals surface area contributed by atoms with Gasteiger partial charge in [-0.15, -0.1) is 11.3 Å². The lowest BCUT2D eigenvalue weighted by atomic mass is 10.4. The molecule has 2 rings (SSSR count). The number of rotatable bonds is 5. The molecule has 0 aliphatic carbocycles. The first-order valence-corrected chi connectivity index (χ1v) is 6.60. The molecule has 2 aromatic rings. The summed E-state index contributed by atoms with van der Waals surface area (Å²) < 4.78 is 0. The normalized spacial score (nSPS) is 10.3. The van der Waals surface area contributed by atoms with Crippen LogP contribution in [0.15, 0.2) is 17.0 Å². The first-order valence-electron chi connectivity index (χ1n) is 5.65. The molecule has 0 amide bonds. The van der Waals surface area contributed by atoms with Crippen molar-refractivity contribution >= 4 is 28.9 Å². The Hall–Kier alpha value is -1.89. The van der Waals surface area contributed by atoms with Crippen LogP contribution in [0.5, 0.6) is 0 Å². The van der Waals surface area contributed by atoms with Gasteiger partial charge >= 0.3 is 0 Å². The fourth-order valence-corrected chi connectivity index (χ4v) is 2.11. The predicted molar refractivity (Wildman–Crippen MR) is 74.8 cm³/mol. The molecule has 0 aliphatic rings. The van der Waals surface area contributed by atoms with Gasteiger partial charge in [0, 0.05) is 25.0 Å². The molecule has 6 nitrogen and oxygen atoms in total. The third-order valence-corrected chi connectivity index (χ3v) is 3.00. The molecule has 18 heavy (non-hydrogen) atoms. The maximum Gasteiger partial charge on any atom is 0.223 e. The maximum absolute atomic E-state index is 5.70. The van der Waals surface area contributed by atoms with Crippen molar-refractivity contribution < 1.29 is 0 Å². The van der Waals surface area contributed by atoms with Crippen LogP contribution < -0.4 is 16.0 Å². The second-order valence-corrected chi connectivity index (χ2v) is 4.55. The molecule has 0 aromatic carbocycles. The van der Waals surface area contributed by atoms with E-state index in [1.807, 2.05) is 35.8 Å². The number of hydrogen-bond donors (Lipinski definition) is 2. The Kier molecular flexibility index (Phi) is 3.93. The summed E-state index contributed by atoms with van der Waals surface area (Å²) in [4.78, 5) is 14.6. The van der Waals surface area contributed by atoms with Gasteiger partial charge in [-0.3, -0.25) is 0 Å². The van der Waals surface area contributed by atoms with Crippen LogP contribution in [-0.2, 0) is 6.54 Å². The molecular formula is C11H16N6S. The number of nitrogens with two attached hydrogens (primary N) is 1. The number of hydrogen-bond acceptors (Lipinski definition) is 7. The summed E-state index contributed by atoms with van der Waals surface area (Å²) in [6.45, 7) is 3.51. The molecular weight excluding hydrogens is 248 g/mol. The summed E-state index contributed by atoms with van der Waals surface area (Å²) >= 11 is 1.58. The SMILES string of the molecule is CCNc1cc(N(C)Cc2cscn2)nc(N)n1. The third kappa shape index (κ3) is 3.07. The quantitative estimate of drug-likeness (QED) is 0.853. The summed E-state index contributed by atoms with van der Waals surface area (Å²) in [5.74, 6) is 1.80. The number of nitrogen functional groups attached to an aromatic ring is 1. The van der Waals surface area contributed by atoms with Crippen LogP contribution in [-0.4, -0.2) is 28.5 Å². The van der Waals surface area contributed by atoms with E-state index in [4.69, 9.17) is 5.73 Å². The first kappa shape index (κ1) is 12.6. The van der Waals surface area contributed by atoms with Gasteiger partial charge in [0.1, 0.15) is 11.6 Å². The predicted octanol–water partition coefficient (Wildman–Crippen LogP) is 1.58. The average Bonchev–Trinajstić information content (AvgIpc) is 2.81. The van der Waals surface area contributed by atoms with Crippen LogP contribution >= 0.6 is 11.3 Å². The number of aromatic nitrogens is 3. The van der Waals surface area contributed by atoms with Crippen LogP contribution in [0.25, 0.3) is 0 Å². The van der Waals surface area contributed by atoms with E-state index in [-0.39, 0.29) is 5.95 Å². The Bertz CT molecular complexity index is 498. The molecule has 2 aromatic heterocycles. The molecule has 7 heteroatoms. The lowest BCUT2D eigenvalue weighted by molar-refractivity contribution is 0.871. The summed E-state index contributed by atoms with van der Waals surface area (Å²) in [6.07, 6.45) is 0. The Labute approximate surface area is 110 Å². The summed E-state index contributed by atoms with van der Waals surface area (Å²) in [5, 5.41) is 5.15. The smallest absolute Gasteiger partial charge is 0.223 e. The largest absolute Gasteiger partial charge is 0.370 e. The monoisotopic (exact) mass is 264 g/mol. The summed E-state index contributed by atoms with van der Waals surface area (Å²) in [7, 11) is 1.96. The molecule has 0 unspecified atom stereocenters. The van der Waals surface area contributed by atoms with Crippen molar-refractivity contribution in [3.05, 3.63) is 22.7 Å². The lowest BCUT2D eigenvalue weighted by Crippen LogP contribution is -2.19. The molecule has 0 saturated carbocycles. The van der Waals surface area contributed by atoms with Crippen molar-refractivity contribution in [1.82, 2.24) is 15.0 Å². The van der Waals surface area contributed by atoms with Gasteiger partial charge in [-0.2, -0.15) is 9.97 Å². The van der Waals surface area contributed by atoms with E-state index in [0.717, 1.165) is 23.9 Å². The minimum atomic E-state index is 0.272. The van der Waals surface area contributed by atoms with E-state index in [0.29, 0.717) is 6.54 Å². The maximum atomic E-state index is 5.70. The van der Waals surface area contributed by atoms with Gasteiger partial charge in [0.2, 0.25) is 5.95 Å². The number of nitrogens with zero attached hydrogens (tertiary/aromatic N) is 4. The minimum Gasteiger partial charge on any atom is -0.370 e. The number of thiazole rings is 1. The Balaban J connectivity index is 2.16. The Morgan fingerprint density at radius 2 is 2.28 bits per heavy atom. The van der Waals surface area contributed by atoms with Crippen LogP contribution in [0, 0.1) is 0 Å². The molecule has 3 N–H and O–H groups in total. The van der Waals surface area contributed by atoms with Crippen molar-refractivity contribution in [2.24, 2.45) is 0 Å². The van der Waals surface area contributed by atoms with Gasteiger partial charge in [-0.1, -0.05) is 0 Å². The van der Waals surface area contributed by atoms with Gasteiger partial charge < -0.3 is 16.0 Å². The van der Waals surface area contributed by atoms with Crippen LogP contribution in [0.3, 0.4) is 0 Å². The topological polar surface area (TPSA) is 80.0 Å². The van der Waals surface area contributed by atoms with Crippen LogP contribution in [0.1, 0.15) is 12.6 Å². The molecule has 2 heterocycles. The highest BCUT2D eigenvalue weighted by Gasteiger charge is 2.08. The minimum absolute atomic E-state index is 0.272. The van der Waals surface area contributed by atoms with Crippen molar-refractivity contribution in [1.29, 1.82) is 0 Å². The number of nitrogens with one attached hydrogen (secondary N) is 1. The van der Waals surface area contributed by atoms with Crippen molar-refractivity contribution in [2.45, 2.75) is 13.5 Å². The highest BCUT2D eigenvalue weighted by atomic mass is 32.1. The zero-order valence-electron chi connectivity index (χ0n) is 10.4. The van der Waals surface area contributed by atoms with Gasteiger partial charge in [-0.25, -0.2) is 4.98 Å². The van der Waals surface area contributed by atoms with Gasteiger partial charge in [0.25, 0.3) is 0 Å². The van der Waals surface area contributed by atoms with Crippen molar-refractivity contribution in [2.75, 3.05) is 29.5 Å².